The SMILES string of the molecule is CCCCNC(=O)c1ccc(CNCc2cn(C)c(=O)n(C)c2=O)cc1. The predicted octanol–water partition coefficient (Wildman–Crippen LogP) is 0.904. The van der Waals surface area contributed by atoms with Gasteiger partial charge in [0.15, 0.2) is 0 Å². The average molecular weight is 358 g/mol. The normalized spacial score (nSPS) is 10.7. The quantitative estimate of drug-likeness (QED) is 0.687. The fourth-order valence-corrected chi connectivity index (χ4v) is 2.60. The van der Waals surface area contributed by atoms with E-state index in [0.29, 0.717) is 30.8 Å². The van der Waals surface area contributed by atoms with E-state index in [-0.39, 0.29) is 17.2 Å². The number of amides is 1. The van der Waals surface area contributed by atoms with Crippen LogP contribution in [-0.2, 0) is 27.2 Å². The summed E-state index contributed by atoms with van der Waals surface area (Å²) in [6.07, 6.45) is 3.57. The summed E-state index contributed by atoms with van der Waals surface area (Å²) in [5.41, 5.74) is 1.54. The van der Waals surface area contributed by atoms with Crippen molar-refractivity contribution in [2.24, 2.45) is 14.1 Å². The Balaban J connectivity index is 1.92. The molecule has 1 aromatic carbocycles. The van der Waals surface area contributed by atoms with Crippen molar-refractivity contribution in [3.05, 3.63) is 68.0 Å². The van der Waals surface area contributed by atoms with Gasteiger partial charge in [0.25, 0.3) is 11.5 Å². The number of nitrogens with zero attached hydrogens (tertiary/aromatic N) is 2. The second-order valence-corrected chi connectivity index (χ2v) is 6.32. The Morgan fingerprint density at radius 2 is 1.77 bits per heavy atom. The summed E-state index contributed by atoms with van der Waals surface area (Å²) in [6, 6.07) is 7.37. The summed E-state index contributed by atoms with van der Waals surface area (Å²) in [7, 11) is 3.09. The van der Waals surface area contributed by atoms with Crippen molar-refractivity contribution in [2.75, 3.05) is 6.54 Å². The van der Waals surface area contributed by atoms with Crippen LogP contribution in [0.3, 0.4) is 0 Å². The minimum absolute atomic E-state index is 0.0633. The Hall–Kier alpha value is -2.67. The summed E-state index contributed by atoms with van der Waals surface area (Å²) < 4.78 is 2.49. The molecule has 140 valence electrons. The molecule has 0 spiro atoms. The summed E-state index contributed by atoms with van der Waals surface area (Å²) in [4.78, 5) is 35.7. The van der Waals surface area contributed by atoms with Crippen molar-refractivity contribution in [3.8, 4) is 0 Å². The molecule has 0 fully saturated rings. The number of carbonyl (C=O) groups is 1. The number of aromatic nitrogens is 2. The molecule has 1 aromatic heterocycles. The molecule has 2 aromatic rings. The summed E-state index contributed by atoms with van der Waals surface area (Å²) in [5.74, 6) is -0.0633. The highest BCUT2D eigenvalue weighted by molar-refractivity contribution is 5.94. The highest BCUT2D eigenvalue weighted by Gasteiger charge is 2.07. The topological polar surface area (TPSA) is 85.1 Å². The molecule has 26 heavy (non-hydrogen) atoms. The molecule has 0 saturated heterocycles. The lowest BCUT2D eigenvalue weighted by atomic mass is 10.1. The third-order valence-corrected chi connectivity index (χ3v) is 4.19. The van der Waals surface area contributed by atoms with E-state index >= 15 is 0 Å². The minimum atomic E-state index is -0.341. The smallest absolute Gasteiger partial charge is 0.330 e. The van der Waals surface area contributed by atoms with Crippen LogP contribution >= 0.6 is 0 Å². The molecule has 2 N–H and O–H groups in total. The maximum absolute atomic E-state index is 12.1. The highest BCUT2D eigenvalue weighted by Crippen LogP contribution is 2.05. The van der Waals surface area contributed by atoms with Crippen LogP contribution in [0.1, 0.15) is 41.3 Å². The van der Waals surface area contributed by atoms with Gasteiger partial charge in [0.1, 0.15) is 0 Å². The van der Waals surface area contributed by atoms with E-state index in [1.807, 2.05) is 12.1 Å². The van der Waals surface area contributed by atoms with Crippen molar-refractivity contribution in [2.45, 2.75) is 32.9 Å². The van der Waals surface area contributed by atoms with Gasteiger partial charge in [-0.2, -0.15) is 0 Å². The monoisotopic (exact) mass is 358 g/mol. The summed E-state index contributed by atoms with van der Waals surface area (Å²) in [6.45, 7) is 3.69. The van der Waals surface area contributed by atoms with Crippen LogP contribution in [0.25, 0.3) is 0 Å². The molecule has 0 aliphatic rings. The molecule has 0 atom stereocenters. The first kappa shape index (κ1) is 19.7. The predicted molar refractivity (Wildman–Crippen MR) is 101 cm³/mol. The Kier molecular flexibility index (Phi) is 6.91. The number of unbranched alkanes of at least 4 members (excludes halogenated alkanes) is 1. The summed E-state index contributed by atoms with van der Waals surface area (Å²) >= 11 is 0. The highest BCUT2D eigenvalue weighted by atomic mass is 16.2. The first-order valence-electron chi connectivity index (χ1n) is 8.77. The maximum Gasteiger partial charge on any atom is 0.330 e. The lowest BCUT2D eigenvalue weighted by molar-refractivity contribution is 0.0953. The Morgan fingerprint density at radius 1 is 1.08 bits per heavy atom. The van der Waals surface area contributed by atoms with Crippen LogP contribution < -0.4 is 21.9 Å². The molecule has 2 rings (SSSR count). The van der Waals surface area contributed by atoms with Crippen molar-refractivity contribution < 1.29 is 4.79 Å². The van der Waals surface area contributed by atoms with Crippen LogP contribution in [0.5, 0.6) is 0 Å². The van der Waals surface area contributed by atoms with Gasteiger partial charge < -0.3 is 15.2 Å². The molecule has 0 bridgehead atoms. The third kappa shape index (κ3) is 4.92. The molecule has 7 heteroatoms. The Labute approximate surface area is 152 Å². The van der Waals surface area contributed by atoms with Crippen molar-refractivity contribution >= 4 is 5.91 Å². The van der Waals surface area contributed by atoms with Gasteiger partial charge in [-0.3, -0.25) is 14.2 Å². The van der Waals surface area contributed by atoms with Gasteiger partial charge in [0, 0.05) is 51.1 Å². The first-order valence-corrected chi connectivity index (χ1v) is 8.77. The third-order valence-electron chi connectivity index (χ3n) is 4.19. The second-order valence-electron chi connectivity index (χ2n) is 6.32. The molecule has 7 nitrogen and oxygen atoms in total. The average Bonchev–Trinajstić information content (AvgIpc) is 2.64. The number of nitrogens with one attached hydrogen (secondary N) is 2. The lowest BCUT2D eigenvalue weighted by Gasteiger charge is -2.09. The molecular weight excluding hydrogens is 332 g/mol. The standard InChI is InChI=1S/C19H26N4O3/c1-4-5-10-21-17(24)15-8-6-14(7-9-15)11-20-12-16-13-22(2)19(26)23(3)18(16)25/h6-9,13,20H,4-5,10-12H2,1-3H3,(H,21,24). The van der Waals surface area contributed by atoms with Crippen LogP contribution in [0.2, 0.25) is 0 Å². The minimum Gasteiger partial charge on any atom is -0.352 e. The molecule has 1 amide bonds. The van der Waals surface area contributed by atoms with Gasteiger partial charge in [-0.15, -0.1) is 0 Å². The molecule has 0 saturated carbocycles. The zero-order valence-corrected chi connectivity index (χ0v) is 15.5. The van der Waals surface area contributed by atoms with E-state index in [1.165, 1.54) is 11.6 Å². The van der Waals surface area contributed by atoms with Crippen LogP contribution in [0, 0.1) is 0 Å². The number of hydrogen-bond donors (Lipinski definition) is 2. The van der Waals surface area contributed by atoms with E-state index < -0.39 is 0 Å². The fraction of sp³-hybridized carbons (Fsp3) is 0.421. The van der Waals surface area contributed by atoms with Gasteiger partial charge in [-0.05, 0) is 24.1 Å². The number of carbonyl (C=O) groups excluding carboxylic acids is 1. The number of hydrogen-bond acceptors (Lipinski definition) is 4. The van der Waals surface area contributed by atoms with Gasteiger partial charge in [0.05, 0.1) is 0 Å². The van der Waals surface area contributed by atoms with Gasteiger partial charge in [-0.25, -0.2) is 4.79 Å². The van der Waals surface area contributed by atoms with Gasteiger partial charge >= 0.3 is 5.69 Å². The van der Waals surface area contributed by atoms with E-state index in [2.05, 4.69) is 17.6 Å². The summed E-state index contributed by atoms with van der Waals surface area (Å²) in [5, 5.41) is 6.08. The lowest BCUT2D eigenvalue weighted by Crippen LogP contribution is -2.39. The second kappa shape index (κ2) is 9.15. The largest absolute Gasteiger partial charge is 0.352 e. The Bertz CT molecular complexity index is 866. The van der Waals surface area contributed by atoms with Gasteiger partial charge in [-0.1, -0.05) is 25.5 Å². The molecule has 0 unspecified atom stereocenters. The maximum atomic E-state index is 12.1. The Morgan fingerprint density at radius 3 is 2.42 bits per heavy atom. The van der Waals surface area contributed by atoms with Crippen LogP contribution in [0.15, 0.2) is 40.1 Å². The molecular formula is C19H26N4O3. The van der Waals surface area contributed by atoms with E-state index in [9.17, 15) is 14.4 Å². The van der Waals surface area contributed by atoms with Crippen molar-refractivity contribution in [1.29, 1.82) is 0 Å². The zero-order valence-electron chi connectivity index (χ0n) is 15.5. The van der Waals surface area contributed by atoms with Gasteiger partial charge in [0.2, 0.25) is 0 Å². The van der Waals surface area contributed by atoms with Crippen molar-refractivity contribution in [3.63, 3.8) is 0 Å². The van der Waals surface area contributed by atoms with Crippen LogP contribution in [0.4, 0.5) is 0 Å². The fourth-order valence-electron chi connectivity index (χ4n) is 2.60. The van der Waals surface area contributed by atoms with E-state index in [1.54, 1.807) is 25.4 Å². The number of aryl methyl sites for hydroxylation is 1. The molecule has 0 radical (unpaired) electrons. The van der Waals surface area contributed by atoms with Crippen molar-refractivity contribution in [1.82, 2.24) is 19.8 Å². The van der Waals surface area contributed by atoms with Crippen LogP contribution in [-0.4, -0.2) is 21.6 Å². The number of benzene rings is 1. The number of rotatable bonds is 8. The zero-order chi connectivity index (χ0) is 19.1. The molecule has 0 aliphatic heterocycles. The van der Waals surface area contributed by atoms with E-state index in [4.69, 9.17) is 0 Å². The molecule has 1 heterocycles. The van der Waals surface area contributed by atoms with E-state index in [0.717, 1.165) is 23.0 Å². The molecule has 0 aliphatic carbocycles. The first-order chi connectivity index (χ1) is 12.4.